The van der Waals surface area contributed by atoms with Crippen molar-refractivity contribution in [1.29, 1.82) is 0 Å². The Hall–Kier alpha value is -2.10. The van der Waals surface area contributed by atoms with Gasteiger partial charge in [0.15, 0.2) is 0 Å². The predicted octanol–water partition coefficient (Wildman–Crippen LogP) is 7.84. The number of carbonyl (C=O) groups is 4. The highest BCUT2D eigenvalue weighted by Gasteiger charge is 2.41. The average Bonchev–Trinajstić information content (AvgIpc) is 3.43. The third-order valence-corrected chi connectivity index (χ3v) is 10.8. The van der Waals surface area contributed by atoms with Crippen LogP contribution in [0.4, 0.5) is 11.4 Å². The van der Waals surface area contributed by atoms with Gasteiger partial charge in [0, 0.05) is 46.3 Å². The molecule has 2 fully saturated rings. The number of nitrogens with one attached hydrogen (secondary N) is 2. The summed E-state index contributed by atoms with van der Waals surface area (Å²) in [6.07, 6.45) is 5.03. The Bertz CT molecular complexity index is 1360. The first-order valence-electron chi connectivity index (χ1n) is 14.0. The zero-order chi connectivity index (χ0) is 31.6. The van der Waals surface area contributed by atoms with Crippen molar-refractivity contribution in [1.82, 2.24) is 9.80 Å². The summed E-state index contributed by atoms with van der Waals surface area (Å²) >= 11 is 19.9. The number of thioether (sulfide) groups is 2. The van der Waals surface area contributed by atoms with Gasteiger partial charge in [0.2, 0.25) is 11.8 Å². The van der Waals surface area contributed by atoms with Crippen LogP contribution < -0.4 is 10.6 Å². The zero-order valence-corrected chi connectivity index (χ0v) is 30.0. The van der Waals surface area contributed by atoms with Crippen LogP contribution in [0, 0.1) is 0 Å². The van der Waals surface area contributed by atoms with E-state index in [0.29, 0.717) is 70.1 Å². The van der Waals surface area contributed by atoms with E-state index >= 15 is 0 Å². The van der Waals surface area contributed by atoms with Crippen molar-refractivity contribution in [3.63, 3.8) is 0 Å². The molecule has 0 saturated carbocycles. The van der Waals surface area contributed by atoms with E-state index in [2.05, 4.69) is 42.5 Å². The SMILES string of the molecule is O=C(CCCCCN1C(=O)/C(=C2\SC(=S)N(CCCCCC(=O)Nc3ccc(Br)cc3)C2=O)SC1=S)Nc1ccc(Br)cc1. The molecule has 0 radical (unpaired) electrons. The van der Waals surface area contributed by atoms with E-state index in [1.54, 1.807) is 0 Å². The first kappa shape index (κ1) is 34.8. The summed E-state index contributed by atoms with van der Waals surface area (Å²) in [5, 5.41) is 5.75. The van der Waals surface area contributed by atoms with Gasteiger partial charge in [-0.15, -0.1) is 0 Å². The predicted molar refractivity (Wildman–Crippen MR) is 193 cm³/mol. The van der Waals surface area contributed by atoms with Gasteiger partial charge in [-0.25, -0.2) is 0 Å². The number of anilines is 2. The number of carbonyl (C=O) groups excluding carboxylic acids is 4. The molecule has 0 atom stereocenters. The monoisotopic (exact) mass is 796 g/mol. The lowest BCUT2D eigenvalue weighted by molar-refractivity contribution is -0.124. The summed E-state index contributed by atoms with van der Waals surface area (Å²) in [4.78, 5) is 54.5. The molecule has 2 N–H and O–H groups in total. The van der Waals surface area contributed by atoms with E-state index in [9.17, 15) is 19.2 Å². The van der Waals surface area contributed by atoms with Crippen LogP contribution in [0.5, 0.6) is 0 Å². The van der Waals surface area contributed by atoms with Crippen molar-refractivity contribution in [3.8, 4) is 0 Å². The molecule has 2 saturated heterocycles. The van der Waals surface area contributed by atoms with Crippen LogP contribution in [-0.2, 0) is 19.2 Å². The molecule has 4 rings (SSSR count). The first-order valence-corrected chi connectivity index (χ1v) is 18.1. The summed E-state index contributed by atoms with van der Waals surface area (Å²) in [6.45, 7) is 0.858. The number of hydrogen-bond acceptors (Lipinski definition) is 8. The third kappa shape index (κ3) is 9.95. The van der Waals surface area contributed by atoms with E-state index in [1.165, 1.54) is 9.80 Å². The van der Waals surface area contributed by atoms with Crippen molar-refractivity contribution in [3.05, 3.63) is 67.3 Å². The number of nitrogens with zero attached hydrogens (tertiary/aromatic N) is 2. The Morgan fingerprint density at radius 1 is 0.614 bits per heavy atom. The van der Waals surface area contributed by atoms with E-state index in [1.807, 2.05) is 48.5 Å². The fourth-order valence-electron chi connectivity index (χ4n) is 4.43. The maximum atomic E-state index is 13.2. The summed E-state index contributed by atoms with van der Waals surface area (Å²) < 4.78 is 2.73. The van der Waals surface area contributed by atoms with Gasteiger partial charge in [-0.2, -0.15) is 0 Å². The summed E-state index contributed by atoms with van der Waals surface area (Å²) in [7, 11) is 0. The molecule has 232 valence electrons. The van der Waals surface area contributed by atoms with Gasteiger partial charge in [-0.1, -0.05) is 92.7 Å². The second-order valence-electron chi connectivity index (χ2n) is 10.0. The Morgan fingerprint density at radius 3 is 1.34 bits per heavy atom. The molecule has 0 spiro atoms. The molecule has 14 heteroatoms. The van der Waals surface area contributed by atoms with Crippen LogP contribution in [0.25, 0.3) is 0 Å². The lowest BCUT2D eigenvalue weighted by Gasteiger charge is -2.14. The number of unbranched alkanes of at least 4 members (excludes halogenated alkanes) is 4. The molecule has 2 aliphatic rings. The molecule has 0 aromatic heterocycles. The topological polar surface area (TPSA) is 98.8 Å². The highest BCUT2D eigenvalue weighted by molar-refractivity contribution is 9.10. The van der Waals surface area contributed by atoms with Crippen LogP contribution in [0.1, 0.15) is 51.4 Å². The van der Waals surface area contributed by atoms with Crippen molar-refractivity contribution in [2.75, 3.05) is 23.7 Å². The summed E-state index contributed by atoms with van der Waals surface area (Å²) in [5.74, 6) is -0.653. The third-order valence-electron chi connectivity index (χ3n) is 6.73. The van der Waals surface area contributed by atoms with Crippen LogP contribution >= 0.6 is 79.8 Å². The maximum absolute atomic E-state index is 13.2. The number of halogens is 2. The molecule has 2 aliphatic heterocycles. The Morgan fingerprint density at radius 2 is 0.977 bits per heavy atom. The summed E-state index contributed by atoms with van der Waals surface area (Å²) in [5.41, 5.74) is 1.50. The molecule has 8 nitrogen and oxygen atoms in total. The molecular formula is C30H30Br2N4O4S4. The molecule has 2 aromatic carbocycles. The second kappa shape index (κ2) is 17.0. The quantitative estimate of drug-likeness (QED) is 0.113. The van der Waals surface area contributed by atoms with Gasteiger partial charge in [-0.3, -0.25) is 29.0 Å². The summed E-state index contributed by atoms with van der Waals surface area (Å²) in [6, 6.07) is 14.8. The molecule has 0 unspecified atom stereocenters. The van der Waals surface area contributed by atoms with E-state index in [0.717, 1.165) is 56.7 Å². The van der Waals surface area contributed by atoms with Crippen LogP contribution in [0.3, 0.4) is 0 Å². The number of thiocarbonyl (C=S) groups is 2. The van der Waals surface area contributed by atoms with Gasteiger partial charge in [-0.05, 0) is 74.2 Å². The molecule has 0 aliphatic carbocycles. The smallest absolute Gasteiger partial charge is 0.267 e. The largest absolute Gasteiger partial charge is 0.326 e. The van der Waals surface area contributed by atoms with Gasteiger partial charge >= 0.3 is 0 Å². The van der Waals surface area contributed by atoms with Gasteiger partial charge < -0.3 is 10.6 Å². The Labute approximate surface area is 292 Å². The van der Waals surface area contributed by atoms with Gasteiger partial charge in [0.25, 0.3) is 11.8 Å². The lowest BCUT2D eigenvalue weighted by atomic mass is 10.1. The van der Waals surface area contributed by atoms with Crippen molar-refractivity contribution in [2.45, 2.75) is 51.4 Å². The maximum Gasteiger partial charge on any atom is 0.267 e. The highest BCUT2D eigenvalue weighted by Crippen LogP contribution is 2.42. The Balaban J connectivity index is 1.16. The first-order chi connectivity index (χ1) is 21.1. The van der Waals surface area contributed by atoms with Gasteiger partial charge in [0.1, 0.15) is 8.64 Å². The fraction of sp³-hybridized carbons (Fsp3) is 0.333. The van der Waals surface area contributed by atoms with Crippen LogP contribution in [0.15, 0.2) is 67.3 Å². The highest BCUT2D eigenvalue weighted by atomic mass is 79.9. The van der Waals surface area contributed by atoms with Crippen LogP contribution in [0.2, 0.25) is 0 Å². The van der Waals surface area contributed by atoms with Crippen molar-refractivity contribution in [2.24, 2.45) is 0 Å². The minimum Gasteiger partial charge on any atom is -0.326 e. The standard InChI is InChI=1S/C30H30Br2N4O4S4/c31-19-9-13-21(14-10-19)33-23(37)7-3-1-5-17-35-27(39)25(43-29(35)41)26-28(40)36(30(42)44-26)18-6-2-4-8-24(38)34-22-15-11-20(32)12-16-22/h9-16H,1-8,17-18H2,(H,33,37)(H,34,38)/b26-25+. The molecular weight excluding hydrogens is 768 g/mol. The number of benzene rings is 2. The Kier molecular flexibility index (Phi) is 13.4. The van der Waals surface area contributed by atoms with E-state index in [-0.39, 0.29) is 23.6 Å². The average molecular weight is 799 g/mol. The molecule has 2 aromatic rings. The molecule has 2 heterocycles. The lowest BCUT2D eigenvalue weighted by Crippen LogP contribution is -2.31. The number of rotatable bonds is 14. The van der Waals surface area contributed by atoms with Crippen molar-refractivity contribution < 1.29 is 19.2 Å². The zero-order valence-electron chi connectivity index (χ0n) is 23.6. The van der Waals surface area contributed by atoms with E-state index < -0.39 is 0 Å². The second-order valence-corrected chi connectivity index (χ2v) is 15.2. The molecule has 4 amide bonds. The van der Waals surface area contributed by atoms with Crippen molar-refractivity contribution >= 4 is 123 Å². The number of hydrogen-bond donors (Lipinski definition) is 2. The number of amides is 4. The molecule has 44 heavy (non-hydrogen) atoms. The minimum atomic E-state index is -0.273. The van der Waals surface area contributed by atoms with E-state index in [4.69, 9.17) is 24.4 Å². The fourth-order valence-corrected chi connectivity index (χ4v) is 7.73. The normalized spacial score (nSPS) is 16.7. The van der Waals surface area contributed by atoms with Gasteiger partial charge in [0.05, 0.1) is 9.81 Å². The minimum absolute atomic E-state index is 0.0535. The van der Waals surface area contributed by atoms with Crippen LogP contribution in [-0.4, -0.2) is 55.2 Å². The molecule has 0 bridgehead atoms.